The summed E-state index contributed by atoms with van der Waals surface area (Å²) in [4.78, 5) is 26.0. The van der Waals surface area contributed by atoms with Crippen molar-refractivity contribution in [3.8, 4) is 11.8 Å². The fraction of sp³-hybridized carbons (Fsp3) is 0.179. The van der Waals surface area contributed by atoms with E-state index in [-0.39, 0.29) is 17.6 Å². The van der Waals surface area contributed by atoms with Gasteiger partial charge in [0.15, 0.2) is 0 Å². The number of nitrogens with zero attached hydrogens (tertiary/aromatic N) is 1. The van der Waals surface area contributed by atoms with Crippen molar-refractivity contribution in [2.24, 2.45) is 0 Å². The van der Waals surface area contributed by atoms with Gasteiger partial charge in [0.2, 0.25) is 5.91 Å². The van der Waals surface area contributed by atoms with Crippen LogP contribution in [0.5, 0.6) is 5.75 Å². The van der Waals surface area contributed by atoms with E-state index in [2.05, 4.69) is 22.0 Å². The number of dihydropyridines is 1. The summed E-state index contributed by atoms with van der Waals surface area (Å²) in [6.45, 7) is 4.24. The van der Waals surface area contributed by atoms with E-state index in [0.717, 1.165) is 5.75 Å². The Kier molecular flexibility index (Phi) is 8.33. The summed E-state index contributed by atoms with van der Waals surface area (Å²) in [5, 5.41) is 19.5. The lowest BCUT2D eigenvalue weighted by molar-refractivity contribution is -0.114. The van der Waals surface area contributed by atoms with Crippen LogP contribution >= 0.6 is 11.8 Å². The molecule has 1 aromatic heterocycles. The summed E-state index contributed by atoms with van der Waals surface area (Å²) in [6, 6.07) is 21.9. The molecule has 0 fully saturated rings. The second kappa shape index (κ2) is 12.0. The number of benzene rings is 2. The van der Waals surface area contributed by atoms with E-state index in [1.807, 2.05) is 25.1 Å². The van der Waals surface area contributed by atoms with Gasteiger partial charge >= 0.3 is 0 Å². The predicted molar refractivity (Wildman–Crippen MR) is 144 cm³/mol. The minimum atomic E-state index is -0.721. The van der Waals surface area contributed by atoms with Gasteiger partial charge in [0, 0.05) is 17.1 Å². The second-order valence-corrected chi connectivity index (χ2v) is 9.07. The molecule has 188 valence electrons. The standard InChI is InChI=1S/C28H26N4O4S/c1-3-35-21-13-11-20(12-14-21)31-24(33)17-37-28-22(16-29)26(23-10-7-15-36-23)25(18(2)30-28)27(34)32-19-8-5-4-6-9-19/h4-15,26,30H,3,17H2,1-2H3,(H,31,33)(H,32,34)/t26-/m1/s1. The van der Waals surface area contributed by atoms with E-state index in [4.69, 9.17) is 9.15 Å². The normalized spacial score (nSPS) is 15.0. The fourth-order valence-corrected chi connectivity index (χ4v) is 4.82. The highest BCUT2D eigenvalue weighted by Gasteiger charge is 2.36. The lowest BCUT2D eigenvalue weighted by Gasteiger charge is -2.28. The zero-order valence-corrected chi connectivity index (χ0v) is 21.2. The third-order valence-corrected chi connectivity index (χ3v) is 6.57. The summed E-state index contributed by atoms with van der Waals surface area (Å²) in [6.07, 6.45) is 1.51. The first kappa shape index (κ1) is 25.7. The van der Waals surface area contributed by atoms with E-state index < -0.39 is 5.92 Å². The zero-order valence-electron chi connectivity index (χ0n) is 20.4. The number of allylic oxidation sites excluding steroid dienone is 2. The molecule has 1 aliphatic rings. The summed E-state index contributed by atoms with van der Waals surface area (Å²) in [5.41, 5.74) is 2.53. The monoisotopic (exact) mass is 514 g/mol. The Labute approximate surface area is 219 Å². The van der Waals surface area contributed by atoms with Gasteiger partial charge in [0.05, 0.1) is 46.8 Å². The van der Waals surface area contributed by atoms with Crippen molar-refractivity contribution >= 4 is 35.0 Å². The predicted octanol–water partition coefficient (Wildman–Crippen LogP) is 5.38. The lowest BCUT2D eigenvalue weighted by atomic mass is 9.85. The molecule has 2 heterocycles. The minimum absolute atomic E-state index is 0.0599. The SMILES string of the molecule is CCOc1ccc(NC(=O)CSC2=C(C#N)[C@H](c3ccco3)C(C(=O)Nc3ccccc3)=C(C)N2)cc1. The molecule has 9 heteroatoms. The number of hydrogen-bond donors (Lipinski definition) is 3. The maximum Gasteiger partial charge on any atom is 0.254 e. The van der Waals surface area contributed by atoms with Gasteiger partial charge in [0.1, 0.15) is 11.5 Å². The molecule has 1 atom stereocenters. The largest absolute Gasteiger partial charge is 0.494 e. The molecule has 3 N–H and O–H groups in total. The lowest BCUT2D eigenvalue weighted by Crippen LogP contribution is -2.31. The van der Waals surface area contributed by atoms with Gasteiger partial charge in [-0.05, 0) is 62.4 Å². The number of rotatable bonds is 9. The van der Waals surface area contributed by atoms with E-state index in [9.17, 15) is 14.9 Å². The first-order chi connectivity index (χ1) is 18.0. The molecule has 3 aromatic rings. The zero-order chi connectivity index (χ0) is 26.2. The number of carbonyl (C=O) groups is 2. The molecule has 2 amide bonds. The van der Waals surface area contributed by atoms with Gasteiger partial charge in [-0.25, -0.2) is 0 Å². The van der Waals surface area contributed by atoms with Crippen molar-refractivity contribution in [2.75, 3.05) is 23.0 Å². The molecule has 0 saturated heterocycles. The third-order valence-electron chi connectivity index (χ3n) is 5.55. The Bertz CT molecular complexity index is 1360. The number of furan rings is 1. The Morgan fingerprint density at radius 2 is 1.78 bits per heavy atom. The molecule has 1 aliphatic heterocycles. The number of anilines is 2. The molecule has 37 heavy (non-hydrogen) atoms. The van der Waals surface area contributed by atoms with Crippen molar-refractivity contribution in [2.45, 2.75) is 19.8 Å². The Hall–Kier alpha value is -4.42. The highest BCUT2D eigenvalue weighted by Crippen LogP contribution is 2.41. The maximum atomic E-state index is 13.3. The molecular formula is C28H26N4O4S. The average molecular weight is 515 g/mol. The molecule has 0 saturated carbocycles. The highest BCUT2D eigenvalue weighted by atomic mass is 32.2. The molecule has 0 aliphatic carbocycles. The second-order valence-electron chi connectivity index (χ2n) is 8.08. The van der Waals surface area contributed by atoms with Crippen LogP contribution in [0.3, 0.4) is 0 Å². The number of para-hydroxylation sites is 1. The van der Waals surface area contributed by atoms with E-state index in [0.29, 0.717) is 45.6 Å². The number of amides is 2. The number of carbonyl (C=O) groups excluding carboxylic acids is 2. The summed E-state index contributed by atoms with van der Waals surface area (Å²) >= 11 is 1.19. The van der Waals surface area contributed by atoms with Gasteiger partial charge < -0.3 is 25.1 Å². The quantitative estimate of drug-likeness (QED) is 0.351. The van der Waals surface area contributed by atoms with Gasteiger partial charge in [-0.3, -0.25) is 9.59 Å². The molecule has 8 nitrogen and oxygen atoms in total. The van der Waals surface area contributed by atoms with Crippen LogP contribution in [0.2, 0.25) is 0 Å². The van der Waals surface area contributed by atoms with Gasteiger partial charge in [-0.15, -0.1) is 0 Å². The number of hydrogen-bond acceptors (Lipinski definition) is 7. The van der Waals surface area contributed by atoms with Crippen LogP contribution in [-0.2, 0) is 9.59 Å². The van der Waals surface area contributed by atoms with Crippen molar-refractivity contribution in [1.82, 2.24) is 5.32 Å². The summed E-state index contributed by atoms with van der Waals surface area (Å²) in [5.74, 6) is -0.0467. The van der Waals surface area contributed by atoms with Crippen molar-refractivity contribution in [3.63, 3.8) is 0 Å². The maximum absolute atomic E-state index is 13.3. The van der Waals surface area contributed by atoms with Crippen LogP contribution in [0.4, 0.5) is 11.4 Å². The number of nitriles is 1. The van der Waals surface area contributed by atoms with Gasteiger partial charge in [0.25, 0.3) is 5.91 Å². The molecule has 2 aromatic carbocycles. The van der Waals surface area contributed by atoms with Crippen LogP contribution in [0.15, 0.2) is 99.3 Å². The van der Waals surface area contributed by atoms with Crippen LogP contribution in [0.1, 0.15) is 25.5 Å². The average Bonchev–Trinajstić information content (AvgIpc) is 3.43. The first-order valence-electron chi connectivity index (χ1n) is 11.7. The van der Waals surface area contributed by atoms with E-state index in [1.54, 1.807) is 55.5 Å². The van der Waals surface area contributed by atoms with Crippen LogP contribution in [-0.4, -0.2) is 24.2 Å². The molecule has 0 spiro atoms. The highest BCUT2D eigenvalue weighted by molar-refractivity contribution is 8.03. The third kappa shape index (κ3) is 6.23. The van der Waals surface area contributed by atoms with E-state index >= 15 is 0 Å². The van der Waals surface area contributed by atoms with E-state index in [1.165, 1.54) is 18.0 Å². The number of ether oxygens (including phenoxy) is 1. The Morgan fingerprint density at radius 3 is 2.43 bits per heavy atom. The topological polar surface area (TPSA) is 116 Å². The number of nitrogens with one attached hydrogen (secondary N) is 3. The molecule has 0 bridgehead atoms. The molecule has 0 unspecified atom stereocenters. The minimum Gasteiger partial charge on any atom is -0.494 e. The fourth-order valence-electron chi connectivity index (χ4n) is 3.92. The molecule has 0 radical (unpaired) electrons. The number of thioether (sulfide) groups is 1. The van der Waals surface area contributed by atoms with Crippen molar-refractivity contribution < 1.29 is 18.7 Å². The van der Waals surface area contributed by atoms with Gasteiger partial charge in [-0.1, -0.05) is 30.0 Å². The Balaban J connectivity index is 1.52. The van der Waals surface area contributed by atoms with Crippen LogP contribution in [0.25, 0.3) is 0 Å². The van der Waals surface area contributed by atoms with Crippen molar-refractivity contribution in [3.05, 3.63) is 101 Å². The Morgan fingerprint density at radius 1 is 1.05 bits per heavy atom. The molecular weight excluding hydrogens is 488 g/mol. The van der Waals surface area contributed by atoms with Crippen LogP contribution < -0.4 is 20.7 Å². The summed E-state index contributed by atoms with van der Waals surface area (Å²) in [7, 11) is 0. The molecule has 4 rings (SSSR count). The summed E-state index contributed by atoms with van der Waals surface area (Å²) < 4.78 is 11.1. The smallest absolute Gasteiger partial charge is 0.254 e. The van der Waals surface area contributed by atoms with Crippen LogP contribution in [0, 0.1) is 11.3 Å². The van der Waals surface area contributed by atoms with Gasteiger partial charge in [-0.2, -0.15) is 5.26 Å². The first-order valence-corrected chi connectivity index (χ1v) is 12.7. The van der Waals surface area contributed by atoms with Crippen molar-refractivity contribution in [1.29, 1.82) is 5.26 Å².